The van der Waals surface area contributed by atoms with Gasteiger partial charge in [-0.1, -0.05) is 53.2 Å². The number of benzene rings is 2. The summed E-state index contributed by atoms with van der Waals surface area (Å²) in [5.74, 6) is -0.0394. The first kappa shape index (κ1) is 16.7. The predicted molar refractivity (Wildman–Crippen MR) is 100 cm³/mol. The number of ether oxygens (including phenoxy) is 1. The first-order valence-electron chi connectivity index (χ1n) is 8.36. The Morgan fingerprint density at radius 2 is 1.85 bits per heavy atom. The lowest BCUT2D eigenvalue weighted by atomic mass is 10.1. The third kappa shape index (κ3) is 3.62. The van der Waals surface area contributed by atoms with Gasteiger partial charge in [-0.05, 0) is 19.1 Å². The van der Waals surface area contributed by atoms with E-state index in [1.54, 1.807) is 0 Å². The second kappa shape index (κ2) is 7.25. The number of rotatable bonds is 5. The van der Waals surface area contributed by atoms with Gasteiger partial charge >= 0.3 is 0 Å². The summed E-state index contributed by atoms with van der Waals surface area (Å²) in [7, 11) is 0. The largest absolute Gasteiger partial charge is 0.467 e. The average molecular weight is 360 g/mol. The van der Waals surface area contributed by atoms with Gasteiger partial charge in [0.1, 0.15) is 17.4 Å². The summed E-state index contributed by atoms with van der Waals surface area (Å²) in [4.78, 5) is 20.4. The summed E-state index contributed by atoms with van der Waals surface area (Å²) in [6.45, 7) is 1.79. The fourth-order valence-electron chi connectivity index (χ4n) is 2.63. The van der Waals surface area contributed by atoms with E-state index in [2.05, 4.69) is 20.4 Å². The molecule has 0 saturated heterocycles. The second-order valence-electron chi connectivity index (χ2n) is 5.96. The molecule has 2 aromatic heterocycles. The Labute approximate surface area is 155 Å². The van der Waals surface area contributed by atoms with Crippen LogP contribution in [0.15, 0.2) is 65.4 Å². The number of amides is 1. The number of aryl methyl sites for hydroxylation is 1. The number of anilines is 1. The van der Waals surface area contributed by atoms with Crippen LogP contribution in [0.25, 0.3) is 22.4 Å². The zero-order chi connectivity index (χ0) is 18.6. The number of nitrogens with one attached hydrogen (secondary N) is 1. The van der Waals surface area contributed by atoms with Crippen molar-refractivity contribution in [3.05, 3.63) is 66.5 Å². The van der Waals surface area contributed by atoms with Crippen LogP contribution in [-0.4, -0.2) is 27.6 Å². The standard InChI is InChI=1S/C20H16N4O3/c1-13-7-9-15(10-8-13)23-16(25)11-26-19-17-18(14-5-3-2-4-6-14)24-27-20(17)22-12-21-19/h2-10,12H,11H2,1H3,(H,23,25). The number of hydrogen-bond acceptors (Lipinski definition) is 6. The molecule has 0 bridgehead atoms. The van der Waals surface area contributed by atoms with Gasteiger partial charge in [-0.2, -0.15) is 4.98 Å². The summed E-state index contributed by atoms with van der Waals surface area (Å²) in [6.07, 6.45) is 1.31. The fraction of sp³-hybridized carbons (Fsp3) is 0.100. The third-order valence-corrected chi connectivity index (χ3v) is 3.96. The van der Waals surface area contributed by atoms with Crippen molar-refractivity contribution in [3.63, 3.8) is 0 Å². The predicted octanol–water partition coefficient (Wildman–Crippen LogP) is 3.61. The van der Waals surface area contributed by atoms with E-state index in [0.717, 1.165) is 11.1 Å². The zero-order valence-electron chi connectivity index (χ0n) is 14.5. The van der Waals surface area contributed by atoms with E-state index in [-0.39, 0.29) is 18.4 Å². The Bertz CT molecular complexity index is 1080. The van der Waals surface area contributed by atoms with Crippen LogP contribution in [-0.2, 0) is 4.79 Å². The highest BCUT2D eigenvalue weighted by molar-refractivity contribution is 5.94. The van der Waals surface area contributed by atoms with Crippen LogP contribution in [0.4, 0.5) is 5.69 Å². The SMILES string of the molecule is Cc1ccc(NC(=O)COc2ncnc3onc(-c4ccccc4)c23)cc1. The van der Waals surface area contributed by atoms with E-state index in [4.69, 9.17) is 9.26 Å². The highest BCUT2D eigenvalue weighted by atomic mass is 16.5. The number of aromatic nitrogens is 3. The van der Waals surface area contributed by atoms with Crippen molar-refractivity contribution in [2.75, 3.05) is 11.9 Å². The molecule has 1 N–H and O–H groups in total. The summed E-state index contributed by atoms with van der Waals surface area (Å²) in [5, 5.41) is 7.39. The Morgan fingerprint density at radius 1 is 1.07 bits per heavy atom. The van der Waals surface area contributed by atoms with Gasteiger partial charge in [-0.15, -0.1) is 0 Å². The van der Waals surface area contributed by atoms with Crippen molar-refractivity contribution in [3.8, 4) is 17.1 Å². The summed E-state index contributed by atoms with van der Waals surface area (Å²) in [6, 6.07) is 17.0. The first-order valence-corrected chi connectivity index (χ1v) is 8.36. The van der Waals surface area contributed by atoms with Gasteiger partial charge in [0.25, 0.3) is 11.6 Å². The molecule has 4 rings (SSSR count). The lowest BCUT2D eigenvalue weighted by Crippen LogP contribution is -2.20. The number of hydrogen-bond donors (Lipinski definition) is 1. The van der Waals surface area contributed by atoms with Crippen molar-refractivity contribution in [2.45, 2.75) is 6.92 Å². The molecule has 2 heterocycles. The molecular formula is C20H16N4O3. The summed E-state index contributed by atoms with van der Waals surface area (Å²) in [5.41, 5.74) is 3.54. The van der Waals surface area contributed by atoms with Gasteiger partial charge in [0, 0.05) is 11.3 Å². The summed E-state index contributed by atoms with van der Waals surface area (Å²) >= 11 is 0. The van der Waals surface area contributed by atoms with E-state index in [0.29, 0.717) is 22.5 Å². The number of fused-ring (bicyclic) bond motifs is 1. The Balaban J connectivity index is 1.54. The molecule has 0 spiro atoms. The molecule has 0 radical (unpaired) electrons. The van der Waals surface area contributed by atoms with Crippen molar-refractivity contribution in [1.82, 2.24) is 15.1 Å². The van der Waals surface area contributed by atoms with Crippen LogP contribution >= 0.6 is 0 Å². The van der Waals surface area contributed by atoms with Crippen molar-refractivity contribution < 1.29 is 14.1 Å². The Kier molecular flexibility index (Phi) is 4.49. The molecule has 7 nitrogen and oxygen atoms in total. The molecule has 0 atom stereocenters. The third-order valence-electron chi connectivity index (χ3n) is 3.96. The normalized spacial score (nSPS) is 10.7. The van der Waals surface area contributed by atoms with Crippen LogP contribution in [0, 0.1) is 6.92 Å². The van der Waals surface area contributed by atoms with E-state index in [9.17, 15) is 4.79 Å². The van der Waals surface area contributed by atoms with Gasteiger partial charge in [0.15, 0.2) is 6.61 Å². The molecule has 0 fully saturated rings. The monoisotopic (exact) mass is 360 g/mol. The van der Waals surface area contributed by atoms with Crippen LogP contribution in [0.3, 0.4) is 0 Å². The van der Waals surface area contributed by atoms with Crippen molar-refractivity contribution >= 4 is 22.7 Å². The molecule has 134 valence electrons. The van der Waals surface area contributed by atoms with Crippen LogP contribution < -0.4 is 10.1 Å². The molecule has 0 unspecified atom stereocenters. The maximum Gasteiger partial charge on any atom is 0.265 e. The van der Waals surface area contributed by atoms with E-state index in [1.165, 1.54) is 6.33 Å². The minimum absolute atomic E-state index is 0.195. The van der Waals surface area contributed by atoms with Gasteiger partial charge in [0.05, 0.1) is 0 Å². The fourth-order valence-corrected chi connectivity index (χ4v) is 2.63. The lowest BCUT2D eigenvalue weighted by molar-refractivity contribution is -0.118. The molecule has 0 aliphatic rings. The van der Waals surface area contributed by atoms with Crippen molar-refractivity contribution in [2.24, 2.45) is 0 Å². The Hall–Kier alpha value is -3.74. The zero-order valence-corrected chi connectivity index (χ0v) is 14.5. The van der Waals surface area contributed by atoms with Gasteiger partial charge < -0.3 is 14.6 Å². The molecule has 7 heteroatoms. The van der Waals surface area contributed by atoms with Gasteiger partial charge in [-0.25, -0.2) is 4.98 Å². The number of nitrogens with zero attached hydrogens (tertiary/aromatic N) is 3. The summed E-state index contributed by atoms with van der Waals surface area (Å²) < 4.78 is 10.9. The molecule has 0 aliphatic carbocycles. The number of carbonyl (C=O) groups excluding carboxylic acids is 1. The van der Waals surface area contributed by atoms with Gasteiger partial charge in [-0.3, -0.25) is 4.79 Å². The number of carbonyl (C=O) groups is 1. The van der Waals surface area contributed by atoms with E-state index in [1.807, 2.05) is 61.5 Å². The molecule has 0 saturated carbocycles. The van der Waals surface area contributed by atoms with Crippen LogP contribution in [0.2, 0.25) is 0 Å². The smallest absolute Gasteiger partial charge is 0.265 e. The Morgan fingerprint density at radius 3 is 2.63 bits per heavy atom. The van der Waals surface area contributed by atoms with Crippen LogP contribution in [0.5, 0.6) is 5.88 Å². The molecular weight excluding hydrogens is 344 g/mol. The maximum absolute atomic E-state index is 12.2. The van der Waals surface area contributed by atoms with Crippen LogP contribution in [0.1, 0.15) is 5.56 Å². The highest BCUT2D eigenvalue weighted by Gasteiger charge is 2.18. The minimum atomic E-state index is -0.289. The quantitative estimate of drug-likeness (QED) is 0.585. The van der Waals surface area contributed by atoms with Gasteiger partial charge in [0.2, 0.25) is 5.88 Å². The molecule has 1 amide bonds. The lowest BCUT2D eigenvalue weighted by Gasteiger charge is -2.08. The minimum Gasteiger partial charge on any atom is -0.467 e. The van der Waals surface area contributed by atoms with E-state index >= 15 is 0 Å². The average Bonchev–Trinajstić information content (AvgIpc) is 3.14. The molecule has 27 heavy (non-hydrogen) atoms. The first-order chi connectivity index (χ1) is 13.2. The topological polar surface area (TPSA) is 90.1 Å². The highest BCUT2D eigenvalue weighted by Crippen LogP contribution is 2.32. The van der Waals surface area contributed by atoms with Crippen molar-refractivity contribution in [1.29, 1.82) is 0 Å². The molecule has 0 aliphatic heterocycles. The molecule has 2 aromatic carbocycles. The molecule has 4 aromatic rings. The second-order valence-corrected chi connectivity index (χ2v) is 5.96. The van der Waals surface area contributed by atoms with E-state index < -0.39 is 0 Å². The maximum atomic E-state index is 12.2.